The van der Waals surface area contributed by atoms with Gasteiger partial charge in [-0.25, -0.2) is 0 Å². The summed E-state index contributed by atoms with van der Waals surface area (Å²) in [7, 11) is 0. The molecule has 0 unspecified atom stereocenters. The number of aromatic nitrogens is 1. The van der Waals surface area contributed by atoms with Crippen LogP contribution < -0.4 is 9.47 Å². The van der Waals surface area contributed by atoms with Crippen LogP contribution in [0.3, 0.4) is 0 Å². The number of para-hydroxylation sites is 1. The molecule has 16 heteroatoms. The van der Waals surface area contributed by atoms with Crippen LogP contribution in [0.1, 0.15) is 97.6 Å². The molecule has 3 aromatic rings. The summed E-state index contributed by atoms with van der Waals surface area (Å²) in [5.41, 5.74) is -4.95. The highest BCUT2D eigenvalue weighted by Crippen LogP contribution is 2.45. The Kier molecular flexibility index (Phi) is 12.0. The number of hydrogen-bond acceptors (Lipinski definition) is 8. The third-order valence-corrected chi connectivity index (χ3v) is 12.0. The summed E-state index contributed by atoms with van der Waals surface area (Å²) in [6.45, 7) is 5.31. The summed E-state index contributed by atoms with van der Waals surface area (Å²) >= 11 is 0.376. The number of benzene rings is 1. The van der Waals surface area contributed by atoms with Crippen LogP contribution in [0.5, 0.6) is 11.5 Å². The number of ether oxygens (including phenoxy) is 2. The summed E-state index contributed by atoms with van der Waals surface area (Å²) in [4.78, 5) is 34.5. The van der Waals surface area contributed by atoms with Crippen molar-refractivity contribution in [1.29, 1.82) is 0 Å². The molecule has 0 bridgehead atoms. The lowest BCUT2D eigenvalue weighted by atomic mass is 9.78. The first-order valence-electron chi connectivity index (χ1n) is 18.8. The van der Waals surface area contributed by atoms with Crippen LogP contribution in [0.2, 0.25) is 0 Å². The molecule has 2 saturated heterocycles. The number of carbonyl (C=O) groups is 2. The second kappa shape index (κ2) is 16.3. The van der Waals surface area contributed by atoms with Crippen molar-refractivity contribution in [2.45, 2.75) is 107 Å². The Balaban J connectivity index is 1.30. The largest absolute Gasteiger partial charge is 0.513 e. The lowest BCUT2D eigenvalue weighted by Crippen LogP contribution is -2.68. The molecule has 2 aromatic heterocycles. The SMILES string of the molecule is C=C(O)C[C@@H]1CC[C@H](Oc2ccccc2C2(O)CCN(C(=O)[C@]3(Oc4csc(C(F)(F)F)c4)CCCN(C(=O)c4ncccc4C(F)(F)F)[C@@H]3CCC)CC2)C1. The van der Waals surface area contributed by atoms with E-state index >= 15 is 0 Å². The molecular weight excluding hydrogens is 765 g/mol. The number of rotatable bonds is 11. The fraction of sp³-hybridized carbons (Fsp3) is 0.525. The first-order chi connectivity index (χ1) is 26.4. The van der Waals surface area contributed by atoms with E-state index < -0.39 is 57.5 Å². The van der Waals surface area contributed by atoms with Crippen LogP contribution in [-0.4, -0.2) is 74.2 Å². The predicted molar refractivity (Wildman–Crippen MR) is 195 cm³/mol. The van der Waals surface area contributed by atoms with Crippen LogP contribution in [0.25, 0.3) is 0 Å². The van der Waals surface area contributed by atoms with Crippen molar-refractivity contribution in [2.24, 2.45) is 5.92 Å². The monoisotopic (exact) mass is 809 g/mol. The second-order valence-corrected chi connectivity index (χ2v) is 15.9. The molecule has 304 valence electrons. The Morgan fingerprint density at radius 3 is 2.41 bits per heavy atom. The Hall–Kier alpha value is -4.31. The van der Waals surface area contributed by atoms with Crippen molar-refractivity contribution in [1.82, 2.24) is 14.8 Å². The van der Waals surface area contributed by atoms with Gasteiger partial charge in [0, 0.05) is 55.7 Å². The predicted octanol–water partition coefficient (Wildman–Crippen LogP) is 8.92. The van der Waals surface area contributed by atoms with E-state index in [0.717, 1.165) is 47.5 Å². The number of thiophene rings is 1. The molecule has 3 fully saturated rings. The molecule has 3 aliphatic rings. The molecule has 9 nitrogen and oxygen atoms in total. The highest BCUT2D eigenvalue weighted by Gasteiger charge is 2.57. The van der Waals surface area contributed by atoms with Crippen LogP contribution in [0.15, 0.2) is 66.4 Å². The standard InChI is InChI=1S/C40H45F6N3O6S/c1-3-8-32-38(55-28-23-33(56-24-28)40(44,45)46,14-7-18-49(32)35(51)34-30(39(41,42)43)10-6-17-47-34)36(52)48-19-15-37(53,16-20-48)29-9-4-5-11-31(29)54-27-13-12-26(22-27)21-25(2)50/h4-6,9-11,17,23-24,26-27,32,50,53H,2-3,7-8,12-16,18-22H2,1H3/t26-,27-,32+,38-/m0/s1. The third-order valence-electron chi connectivity index (χ3n) is 11.1. The first-order valence-corrected chi connectivity index (χ1v) is 19.7. The van der Waals surface area contributed by atoms with E-state index in [1.54, 1.807) is 31.2 Å². The number of aliphatic hydroxyl groups excluding tert-OH is 1. The van der Waals surface area contributed by atoms with Gasteiger partial charge < -0.3 is 29.5 Å². The van der Waals surface area contributed by atoms with Gasteiger partial charge in [-0.1, -0.05) is 38.1 Å². The number of allylic oxidation sites excluding steroid dienone is 1. The van der Waals surface area contributed by atoms with E-state index in [1.165, 1.54) is 4.90 Å². The maximum Gasteiger partial charge on any atom is 0.425 e. The maximum absolute atomic E-state index is 15.0. The highest BCUT2D eigenvalue weighted by molar-refractivity contribution is 7.10. The Morgan fingerprint density at radius 2 is 1.75 bits per heavy atom. The lowest BCUT2D eigenvalue weighted by molar-refractivity contribution is -0.163. The Labute approximate surface area is 324 Å². The van der Waals surface area contributed by atoms with Gasteiger partial charge in [-0.05, 0) is 69.1 Å². The Morgan fingerprint density at radius 1 is 1.02 bits per heavy atom. The maximum atomic E-state index is 15.0. The number of piperidine rings is 2. The van der Waals surface area contributed by atoms with E-state index in [1.807, 2.05) is 0 Å². The van der Waals surface area contributed by atoms with Gasteiger partial charge in [-0.3, -0.25) is 14.6 Å². The van der Waals surface area contributed by atoms with Gasteiger partial charge in [0.05, 0.1) is 29.1 Å². The van der Waals surface area contributed by atoms with E-state index in [2.05, 4.69) is 11.6 Å². The number of carbonyl (C=O) groups excluding carboxylic acids is 2. The molecule has 2 N–H and O–H groups in total. The molecule has 2 amide bonds. The molecule has 4 atom stereocenters. The van der Waals surface area contributed by atoms with E-state index in [0.29, 0.717) is 41.9 Å². The van der Waals surface area contributed by atoms with E-state index in [9.17, 15) is 46.1 Å². The summed E-state index contributed by atoms with van der Waals surface area (Å²) in [6, 6.07) is 8.53. The van der Waals surface area contributed by atoms with E-state index in [-0.39, 0.29) is 75.3 Å². The molecule has 0 spiro atoms. The van der Waals surface area contributed by atoms with Gasteiger partial charge in [0.15, 0.2) is 0 Å². The number of halogens is 6. The van der Waals surface area contributed by atoms with E-state index in [4.69, 9.17) is 9.47 Å². The number of nitrogens with zero attached hydrogens (tertiary/aromatic N) is 3. The first kappa shape index (κ1) is 41.3. The van der Waals surface area contributed by atoms with Crippen molar-refractivity contribution in [3.05, 3.63) is 88.1 Å². The third kappa shape index (κ3) is 8.65. The van der Waals surface area contributed by atoms with Crippen molar-refractivity contribution in [3.63, 3.8) is 0 Å². The Bertz CT molecular complexity index is 1890. The van der Waals surface area contributed by atoms with Gasteiger partial charge in [0.1, 0.15) is 22.1 Å². The molecule has 1 aromatic carbocycles. The summed E-state index contributed by atoms with van der Waals surface area (Å²) in [6.07, 6.45) is -5.24. The van der Waals surface area contributed by atoms with Gasteiger partial charge in [0.25, 0.3) is 11.8 Å². The van der Waals surface area contributed by atoms with Gasteiger partial charge >= 0.3 is 12.4 Å². The van der Waals surface area contributed by atoms with Crippen molar-refractivity contribution in [3.8, 4) is 11.5 Å². The lowest BCUT2D eigenvalue weighted by Gasteiger charge is -2.51. The minimum atomic E-state index is -4.91. The minimum absolute atomic E-state index is 0.00157. The molecule has 0 radical (unpaired) electrons. The van der Waals surface area contributed by atoms with Crippen LogP contribution in [0.4, 0.5) is 26.3 Å². The number of aliphatic hydroxyl groups is 2. The second-order valence-electron chi connectivity index (χ2n) is 14.9. The zero-order chi connectivity index (χ0) is 40.5. The van der Waals surface area contributed by atoms with Crippen LogP contribution in [-0.2, 0) is 22.7 Å². The average Bonchev–Trinajstić information content (AvgIpc) is 3.81. The highest BCUT2D eigenvalue weighted by atomic mass is 32.1. The number of pyridine rings is 1. The average molecular weight is 810 g/mol. The summed E-state index contributed by atoms with van der Waals surface area (Å²) in [5, 5.41) is 22.9. The van der Waals surface area contributed by atoms with Gasteiger partial charge in [0.2, 0.25) is 5.60 Å². The van der Waals surface area contributed by atoms with Gasteiger partial charge in [-0.2, -0.15) is 26.3 Å². The van der Waals surface area contributed by atoms with Gasteiger partial charge in [-0.15, -0.1) is 11.3 Å². The topological polar surface area (TPSA) is 112 Å². The number of alkyl halides is 6. The fourth-order valence-electron chi connectivity index (χ4n) is 8.48. The van der Waals surface area contributed by atoms with Crippen molar-refractivity contribution >= 4 is 23.2 Å². The minimum Gasteiger partial charge on any atom is -0.513 e. The summed E-state index contributed by atoms with van der Waals surface area (Å²) < 4.78 is 96.1. The normalized spacial score (nSPS) is 24.2. The van der Waals surface area contributed by atoms with Crippen LogP contribution >= 0.6 is 11.3 Å². The zero-order valence-electron chi connectivity index (χ0n) is 30.9. The molecule has 1 aliphatic carbocycles. The molecule has 6 rings (SSSR count). The number of likely N-dealkylation sites (tertiary alicyclic amines) is 2. The smallest absolute Gasteiger partial charge is 0.425 e. The fourth-order valence-corrected chi connectivity index (χ4v) is 9.16. The molecular formula is C40H45F6N3O6S. The molecule has 1 saturated carbocycles. The number of hydrogen-bond donors (Lipinski definition) is 2. The zero-order valence-corrected chi connectivity index (χ0v) is 31.7. The van der Waals surface area contributed by atoms with Crippen LogP contribution in [0, 0.1) is 5.92 Å². The van der Waals surface area contributed by atoms with Crippen molar-refractivity contribution < 1.29 is 55.6 Å². The molecule has 4 heterocycles. The van der Waals surface area contributed by atoms with Crippen molar-refractivity contribution in [2.75, 3.05) is 19.6 Å². The summed E-state index contributed by atoms with van der Waals surface area (Å²) in [5.74, 6) is -1.12. The molecule has 56 heavy (non-hydrogen) atoms. The molecule has 2 aliphatic heterocycles. The number of amides is 2. The quantitative estimate of drug-likeness (QED) is 0.147.